The van der Waals surface area contributed by atoms with Gasteiger partial charge in [0.25, 0.3) is 11.5 Å². The fourth-order valence-electron chi connectivity index (χ4n) is 2.98. The predicted octanol–water partition coefficient (Wildman–Crippen LogP) is -0.123. The SMILES string of the molecule is Cn1c(C(=O)NCCN2CCc3ccccc32)cc(=O)n(C)c1=O. The molecule has 1 aromatic heterocycles. The number of hydrogen-bond acceptors (Lipinski definition) is 4. The molecule has 1 N–H and O–H groups in total. The maximum atomic E-state index is 12.3. The van der Waals surface area contributed by atoms with Crippen LogP contribution in [0.4, 0.5) is 5.69 Å². The van der Waals surface area contributed by atoms with Crippen LogP contribution in [0.3, 0.4) is 0 Å². The number of carbonyl (C=O) groups is 1. The van der Waals surface area contributed by atoms with Crippen molar-refractivity contribution in [2.24, 2.45) is 14.1 Å². The van der Waals surface area contributed by atoms with E-state index >= 15 is 0 Å². The summed E-state index contributed by atoms with van der Waals surface area (Å²) in [5.41, 5.74) is 1.59. The number of para-hydroxylation sites is 1. The summed E-state index contributed by atoms with van der Waals surface area (Å²) in [7, 11) is 2.87. The molecule has 1 aliphatic rings. The molecule has 2 heterocycles. The van der Waals surface area contributed by atoms with E-state index in [2.05, 4.69) is 22.3 Å². The highest BCUT2D eigenvalue weighted by Crippen LogP contribution is 2.26. The molecule has 7 heteroatoms. The first-order valence-electron chi connectivity index (χ1n) is 7.87. The second-order valence-electron chi connectivity index (χ2n) is 5.89. The molecule has 126 valence electrons. The summed E-state index contributed by atoms with van der Waals surface area (Å²) in [5.74, 6) is -0.417. The first-order valence-corrected chi connectivity index (χ1v) is 7.87. The standard InChI is InChI=1S/C17H20N4O3/c1-19-14(11-15(22)20(2)17(19)24)16(23)18-8-10-21-9-7-12-5-3-4-6-13(12)21/h3-6,11H,7-10H2,1-2H3,(H,18,23). The first kappa shape index (κ1) is 16.0. The van der Waals surface area contributed by atoms with Crippen molar-refractivity contribution in [3.63, 3.8) is 0 Å². The number of hydrogen-bond donors (Lipinski definition) is 1. The van der Waals surface area contributed by atoms with Gasteiger partial charge in [0.05, 0.1) is 0 Å². The Balaban J connectivity index is 1.65. The van der Waals surface area contributed by atoms with Crippen LogP contribution in [-0.2, 0) is 20.5 Å². The number of aromatic nitrogens is 2. The van der Waals surface area contributed by atoms with E-state index in [-0.39, 0.29) is 5.69 Å². The molecule has 0 saturated heterocycles. The molecule has 0 saturated carbocycles. The summed E-state index contributed by atoms with van der Waals surface area (Å²) in [6, 6.07) is 9.41. The molecule has 0 aliphatic carbocycles. The fraction of sp³-hybridized carbons (Fsp3) is 0.353. The lowest BCUT2D eigenvalue weighted by atomic mass is 10.2. The second-order valence-corrected chi connectivity index (χ2v) is 5.89. The Morgan fingerprint density at radius 1 is 1.17 bits per heavy atom. The van der Waals surface area contributed by atoms with Crippen molar-refractivity contribution in [2.75, 3.05) is 24.5 Å². The molecule has 0 fully saturated rings. The number of anilines is 1. The molecule has 0 spiro atoms. The van der Waals surface area contributed by atoms with Crippen LogP contribution >= 0.6 is 0 Å². The van der Waals surface area contributed by atoms with E-state index in [1.807, 2.05) is 12.1 Å². The second kappa shape index (κ2) is 6.35. The molecular formula is C17H20N4O3. The Morgan fingerprint density at radius 2 is 1.92 bits per heavy atom. The van der Waals surface area contributed by atoms with Crippen molar-refractivity contribution in [3.05, 3.63) is 62.4 Å². The topological polar surface area (TPSA) is 76.3 Å². The van der Waals surface area contributed by atoms with Gasteiger partial charge in [-0.15, -0.1) is 0 Å². The molecule has 0 unspecified atom stereocenters. The molecule has 3 rings (SSSR count). The molecule has 7 nitrogen and oxygen atoms in total. The van der Waals surface area contributed by atoms with Crippen LogP contribution in [0.25, 0.3) is 0 Å². The van der Waals surface area contributed by atoms with Gasteiger partial charge in [-0.3, -0.25) is 18.7 Å². The molecule has 0 radical (unpaired) electrons. The summed E-state index contributed by atoms with van der Waals surface area (Å²) < 4.78 is 2.15. The lowest BCUT2D eigenvalue weighted by molar-refractivity contribution is 0.0944. The first-order chi connectivity index (χ1) is 11.5. The monoisotopic (exact) mass is 328 g/mol. The number of nitrogens with one attached hydrogen (secondary N) is 1. The van der Waals surface area contributed by atoms with Crippen molar-refractivity contribution in [1.29, 1.82) is 0 Å². The van der Waals surface area contributed by atoms with Gasteiger partial charge in [0.1, 0.15) is 5.69 Å². The van der Waals surface area contributed by atoms with E-state index < -0.39 is 17.2 Å². The lowest BCUT2D eigenvalue weighted by Gasteiger charge is -2.19. The minimum atomic E-state index is -0.513. The maximum Gasteiger partial charge on any atom is 0.331 e. The Labute approximate surface area is 139 Å². The highest BCUT2D eigenvalue weighted by Gasteiger charge is 2.18. The number of fused-ring (bicyclic) bond motifs is 1. The van der Waals surface area contributed by atoms with Gasteiger partial charge in [-0.1, -0.05) is 18.2 Å². The lowest BCUT2D eigenvalue weighted by Crippen LogP contribution is -2.42. The number of nitrogens with zero attached hydrogens (tertiary/aromatic N) is 3. The Bertz CT molecular complexity index is 897. The number of carbonyl (C=O) groups excluding carboxylic acids is 1. The van der Waals surface area contributed by atoms with Crippen LogP contribution < -0.4 is 21.5 Å². The van der Waals surface area contributed by atoms with Crippen LogP contribution in [0.15, 0.2) is 39.9 Å². The van der Waals surface area contributed by atoms with E-state index in [0.717, 1.165) is 17.5 Å². The summed E-state index contributed by atoms with van der Waals surface area (Å²) in [4.78, 5) is 38.1. The van der Waals surface area contributed by atoms with E-state index in [1.165, 1.54) is 36.0 Å². The van der Waals surface area contributed by atoms with E-state index in [0.29, 0.717) is 13.1 Å². The van der Waals surface area contributed by atoms with Crippen molar-refractivity contribution in [2.45, 2.75) is 6.42 Å². The van der Waals surface area contributed by atoms with Crippen LogP contribution in [-0.4, -0.2) is 34.7 Å². The summed E-state index contributed by atoms with van der Waals surface area (Å²) in [6.07, 6.45) is 1.01. The summed E-state index contributed by atoms with van der Waals surface area (Å²) in [6.45, 7) is 2.05. The zero-order chi connectivity index (χ0) is 17.3. The molecule has 1 aromatic carbocycles. The quantitative estimate of drug-likeness (QED) is 0.849. The molecule has 1 amide bonds. The van der Waals surface area contributed by atoms with Crippen LogP contribution in [0.2, 0.25) is 0 Å². The van der Waals surface area contributed by atoms with Gasteiger partial charge < -0.3 is 10.2 Å². The Hall–Kier alpha value is -2.83. The predicted molar refractivity (Wildman–Crippen MR) is 91.6 cm³/mol. The third kappa shape index (κ3) is 2.84. The van der Waals surface area contributed by atoms with Crippen molar-refractivity contribution < 1.29 is 4.79 Å². The molecular weight excluding hydrogens is 308 g/mol. The van der Waals surface area contributed by atoms with Gasteiger partial charge in [0.2, 0.25) is 0 Å². The minimum absolute atomic E-state index is 0.0740. The van der Waals surface area contributed by atoms with Crippen LogP contribution in [0.5, 0.6) is 0 Å². The average Bonchev–Trinajstić information content (AvgIpc) is 2.99. The van der Waals surface area contributed by atoms with Gasteiger partial charge in [-0.05, 0) is 18.1 Å². The summed E-state index contributed by atoms with van der Waals surface area (Å²) in [5, 5.41) is 2.78. The zero-order valence-corrected chi connectivity index (χ0v) is 13.8. The minimum Gasteiger partial charge on any atom is -0.369 e. The fourth-order valence-corrected chi connectivity index (χ4v) is 2.98. The van der Waals surface area contributed by atoms with Crippen LogP contribution in [0.1, 0.15) is 16.1 Å². The van der Waals surface area contributed by atoms with Gasteiger partial charge in [0.15, 0.2) is 0 Å². The third-order valence-electron chi connectivity index (χ3n) is 4.41. The number of amides is 1. The van der Waals surface area contributed by atoms with E-state index in [9.17, 15) is 14.4 Å². The normalized spacial score (nSPS) is 13.0. The Kier molecular flexibility index (Phi) is 4.24. The largest absolute Gasteiger partial charge is 0.369 e. The van der Waals surface area contributed by atoms with Crippen molar-refractivity contribution >= 4 is 11.6 Å². The highest BCUT2D eigenvalue weighted by molar-refractivity contribution is 5.92. The molecule has 0 bridgehead atoms. The van der Waals surface area contributed by atoms with Crippen molar-refractivity contribution in [1.82, 2.24) is 14.5 Å². The van der Waals surface area contributed by atoms with Gasteiger partial charge >= 0.3 is 5.69 Å². The zero-order valence-electron chi connectivity index (χ0n) is 13.8. The maximum absolute atomic E-state index is 12.3. The average molecular weight is 328 g/mol. The molecule has 24 heavy (non-hydrogen) atoms. The van der Waals surface area contributed by atoms with Gasteiger partial charge in [0, 0.05) is 45.5 Å². The molecule has 1 aliphatic heterocycles. The smallest absolute Gasteiger partial charge is 0.331 e. The van der Waals surface area contributed by atoms with E-state index in [1.54, 1.807) is 0 Å². The number of rotatable bonds is 4. The number of benzene rings is 1. The van der Waals surface area contributed by atoms with Gasteiger partial charge in [-0.25, -0.2) is 4.79 Å². The summed E-state index contributed by atoms with van der Waals surface area (Å²) >= 11 is 0. The van der Waals surface area contributed by atoms with Crippen LogP contribution in [0, 0.1) is 0 Å². The highest BCUT2D eigenvalue weighted by atomic mass is 16.2. The van der Waals surface area contributed by atoms with Gasteiger partial charge in [-0.2, -0.15) is 0 Å². The Morgan fingerprint density at radius 3 is 2.71 bits per heavy atom. The molecule has 2 aromatic rings. The molecule has 0 atom stereocenters. The third-order valence-corrected chi connectivity index (χ3v) is 4.41. The van der Waals surface area contributed by atoms with Crippen molar-refractivity contribution in [3.8, 4) is 0 Å². The van der Waals surface area contributed by atoms with E-state index in [4.69, 9.17) is 0 Å².